The number of rotatable bonds is 6. The van der Waals surface area contributed by atoms with Gasteiger partial charge >= 0.3 is 0 Å². The number of nitrogens with zero attached hydrogens (tertiary/aromatic N) is 1. The molecule has 2 aromatic rings. The molecule has 1 unspecified atom stereocenters. The largest absolute Gasteiger partial charge is 0.379 e. The lowest BCUT2D eigenvalue weighted by Crippen LogP contribution is -2.46. The van der Waals surface area contributed by atoms with E-state index in [0.717, 1.165) is 32.8 Å². The highest BCUT2D eigenvalue weighted by Crippen LogP contribution is 2.18. The van der Waals surface area contributed by atoms with Gasteiger partial charge < -0.3 is 10.1 Å². The number of carbonyl (C=O) groups excluding carboxylic acids is 2. The molecule has 1 fully saturated rings. The summed E-state index contributed by atoms with van der Waals surface area (Å²) < 4.78 is 5.34. The van der Waals surface area contributed by atoms with Crippen molar-refractivity contribution < 1.29 is 14.3 Å². The molecule has 5 nitrogen and oxygen atoms in total. The molecule has 1 N–H and O–H groups in total. The molecular weight excluding hydrogens is 336 g/mol. The molecule has 0 bridgehead atoms. The topological polar surface area (TPSA) is 58.6 Å². The van der Waals surface area contributed by atoms with Crippen LogP contribution in [0, 0.1) is 0 Å². The fraction of sp³-hybridized carbons (Fsp3) is 0.368. The van der Waals surface area contributed by atoms with E-state index in [1.165, 1.54) is 11.3 Å². The molecule has 6 heteroatoms. The maximum absolute atomic E-state index is 12.7. The first kappa shape index (κ1) is 17.8. The van der Waals surface area contributed by atoms with Crippen LogP contribution in [0.15, 0.2) is 41.8 Å². The number of benzene rings is 1. The minimum atomic E-state index is -0.207. The Balaban J connectivity index is 1.68. The van der Waals surface area contributed by atoms with E-state index >= 15 is 0 Å². The van der Waals surface area contributed by atoms with Crippen molar-refractivity contribution in [3.63, 3.8) is 0 Å². The van der Waals surface area contributed by atoms with Crippen LogP contribution in [-0.2, 0) is 4.74 Å². The van der Waals surface area contributed by atoms with Gasteiger partial charge in [0.15, 0.2) is 0 Å². The minimum Gasteiger partial charge on any atom is -0.379 e. The van der Waals surface area contributed by atoms with Crippen molar-refractivity contribution in [1.29, 1.82) is 0 Å². The quantitative estimate of drug-likeness (QED) is 0.806. The zero-order valence-corrected chi connectivity index (χ0v) is 15.1. The molecule has 0 spiro atoms. The number of thiophene rings is 1. The second-order valence-electron chi connectivity index (χ2n) is 6.14. The first-order valence-corrected chi connectivity index (χ1v) is 9.31. The lowest BCUT2D eigenvalue weighted by Gasteiger charge is -2.29. The molecule has 0 saturated carbocycles. The molecular formula is C19H22N2O3S. The van der Waals surface area contributed by atoms with Gasteiger partial charge in [0.2, 0.25) is 5.78 Å². The molecule has 1 atom stereocenters. The Morgan fingerprint density at radius 1 is 1.16 bits per heavy atom. The summed E-state index contributed by atoms with van der Waals surface area (Å²) >= 11 is 1.38. The highest BCUT2D eigenvalue weighted by Gasteiger charge is 2.21. The molecule has 25 heavy (non-hydrogen) atoms. The van der Waals surface area contributed by atoms with Crippen molar-refractivity contribution in [3.05, 3.63) is 57.8 Å². The number of carbonyl (C=O) groups is 2. The summed E-state index contributed by atoms with van der Waals surface area (Å²) in [7, 11) is 0. The zero-order chi connectivity index (χ0) is 17.6. The van der Waals surface area contributed by atoms with E-state index in [-0.39, 0.29) is 17.7 Å². The van der Waals surface area contributed by atoms with E-state index in [1.807, 2.05) is 18.4 Å². The van der Waals surface area contributed by atoms with Crippen LogP contribution in [0.4, 0.5) is 0 Å². The van der Waals surface area contributed by atoms with Crippen LogP contribution in [0.2, 0.25) is 0 Å². The second kappa shape index (κ2) is 8.38. The van der Waals surface area contributed by atoms with Crippen LogP contribution in [0.1, 0.15) is 32.5 Å². The van der Waals surface area contributed by atoms with Crippen molar-refractivity contribution >= 4 is 23.0 Å². The van der Waals surface area contributed by atoms with Gasteiger partial charge in [-0.25, -0.2) is 0 Å². The Kier molecular flexibility index (Phi) is 5.96. The standard InChI is InChI=1S/C19H22N2O3S/c1-14(13-21-8-10-24-11-9-21)20-19(23)16-6-3-2-5-15(16)18(22)17-7-4-12-25-17/h2-7,12,14H,8-11,13H2,1H3,(H,20,23). The molecule has 0 radical (unpaired) electrons. The van der Waals surface area contributed by atoms with Crippen molar-refractivity contribution in [3.8, 4) is 0 Å². The van der Waals surface area contributed by atoms with Crippen LogP contribution < -0.4 is 5.32 Å². The van der Waals surface area contributed by atoms with Gasteiger partial charge in [-0.3, -0.25) is 14.5 Å². The van der Waals surface area contributed by atoms with Gasteiger partial charge in [-0.1, -0.05) is 24.3 Å². The van der Waals surface area contributed by atoms with Gasteiger partial charge in [-0.05, 0) is 24.4 Å². The Labute approximate surface area is 151 Å². The maximum atomic E-state index is 12.7. The minimum absolute atomic E-state index is 0.00417. The fourth-order valence-electron chi connectivity index (χ4n) is 2.94. The van der Waals surface area contributed by atoms with Crippen LogP contribution in [0.5, 0.6) is 0 Å². The van der Waals surface area contributed by atoms with Crippen molar-refractivity contribution in [1.82, 2.24) is 10.2 Å². The molecule has 1 aromatic carbocycles. The normalized spacial score (nSPS) is 16.4. The first-order chi connectivity index (χ1) is 12.1. The number of ether oxygens (including phenoxy) is 1. The molecule has 1 aliphatic rings. The zero-order valence-electron chi connectivity index (χ0n) is 14.2. The monoisotopic (exact) mass is 358 g/mol. The number of hydrogen-bond donors (Lipinski definition) is 1. The Bertz CT molecular complexity index is 724. The third-order valence-corrected chi connectivity index (χ3v) is 5.04. The average molecular weight is 358 g/mol. The third-order valence-electron chi connectivity index (χ3n) is 4.17. The summed E-state index contributed by atoms with van der Waals surface area (Å²) in [5.74, 6) is -0.317. The molecule has 132 valence electrons. The number of hydrogen-bond acceptors (Lipinski definition) is 5. The third kappa shape index (κ3) is 4.54. The van der Waals surface area contributed by atoms with Crippen molar-refractivity contribution in [2.75, 3.05) is 32.8 Å². The molecule has 3 rings (SSSR count). The van der Waals surface area contributed by atoms with E-state index in [0.29, 0.717) is 16.0 Å². The molecule has 1 amide bonds. The average Bonchev–Trinajstić information content (AvgIpc) is 3.16. The summed E-state index contributed by atoms with van der Waals surface area (Å²) in [5, 5.41) is 4.88. The number of nitrogens with one attached hydrogen (secondary N) is 1. The van der Waals surface area contributed by atoms with E-state index < -0.39 is 0 Å². The van der Waals surface area contributed by atoms with Crippen LogP contribution in [0.3, 0.4) is 0 Å². The summed E-state index contributed by atoms with van der Waals surface area (Å²) in [6.07, 6.45) is 0. The van der Waals surface area contributed by atoms with Gasteiger partial charge in [0.1, 0.15) is 0 Å². The number of amides is 1. The Morgan fingerprint density at radius 2 is 1.88 bits per heavy atom. The number of ketones is 1. The SMILES string of the molecule is CC(CN1CCOCC1)NC(=O)c1ccccc1C(=O)c1cccs1. The van der Waals surface area contributed by atoms with Crippen LogP contribution in [-0.4, -0.2) is 55.5 Å². The maximum Gasteiger partial charge on any atom is 0.252 e. The van der Waals surface area contributed by atoms with E-state index in [4.69, 9.17) is 4.74 Å². The second-order valence-corrected chi connectivity index (χ2v) is 7.09. The summed E-state index contributed by atoms with van der Waals surface area (Å²) in [6, 6.07) is 10.6. The fourth-order valence-corrected chi connectivity index (χ4v) is 3.62. The van der Waals surface area contributed by atoms with Gasteiger partial charge in [0, 0.05) is 31.2 Å². The van der Waals surface area contributed by atoms with E-state index in [2.05, 4.69) is 10.2 Å². The van der Waals surface area contributed by atoms with Gasteiger partial charge in [0.25, 0.3) is 5.91 Å². The molecule has 2 heterocycles. The highest BCUT2D eigenvalue weighted by molar-refractivity contribution is 7.12. The summed E-state index contributed by atoms with van der Waals surface area (Å²) in [6.45, 7) is 5.99. The number of morpholine rings is 1. The van der Waals surface area contributed by atoms with Gasteiger partial charge in [-0.2, -0.15) is 0 Å². The predicted octanol–water partition coefficient (Wildman–Crippen LogP) is 2.43. The van der Waals surface area contributed by atoms with Gasteiger partial charge in [0.05, 0.1) is 23.7 Å². The summed E-state index contributed by atoms with van der Waals surface area (Å²) in [4.78, 5) is 28.2. The lowest BCUT2D eigenvalue weighted by molar-refractivity contribution is 0.0342. The highest BCUT2D eigenvalue weighted by atomic mass is 32.1. The van der Waals surface area contributed by atoms with Crippen LogP contribution >= 0.6 is 11.3 Å². The predicted molar refractivity (Wildman–Crippen MR) is 98.4 cm³/mol. The Morgan fingerprint density at radius 3 is 2.56 bits per heavy atom. The smallest absolute Gasteiger partial charge is 0.252 e. The molecule has 1 aromatic heterocycles. The Hall–Kier alpha value is -2.02. The summed E-state index contributed by atoms with van der Waals surface area (Å²) in [5.41, 5.74) is 0.871. The van der Waals surface area contributed by atoms with Crippen molar-refractivity contribution in [2.24, 2.45) is 0 Å². The van der Waals surface area contributed by atoms with E-state index in [1.54, 1.807) is 30.3 Å². The van der Waals surface area contributed by atoms with E-state index in [9.17, 15) is 9.59 Å². The van der Waals surface area contributed by atoms with Crippen molar-refractivity contribution in [2.45, 2.75) is 13.0 Å². The first-order valence-electron chi connectivity index (χ1n) is 8.43. The van der Waals surface area contributed by atoms with Gasteiger partial charge in [-0.15, -0.1) is 11.3 Å². The molecule has 1 saturated heterocycles. The molecule has 1 aliphatic heterocycles. The lowest BCUT2D eigenvalue weighted by atomic mass is 10.0. The molecule has 0 aliphatic carbocycles. The van der Waals surface area contributed by atoms with Crippen LogP contribution in [0.25, 0.3) is 0 Å².